The van der Waals surface area contributed by atoms with Gasteiger partial charge >= 0.3 is 0 Å². The van der Waals surface area contributed by atoms with Crippen molar-refractivity contribution in [3.8, 4) is 5.95 Å². The third-order valence-electron chi connectivity index (χ3n) is 5.85. The number of hydrogen-bond acceptors (Lipinski definition) is 4. The highest BCUT2D eigenvalue weighted by atomic mass is 35.5. The number of hydrogen-bond donors (Lipinski definition) is 2. The summed E-state index contributed by atoms with van der Waals surface area (Å²) in [4.78, 5) is 33.0. The highest BCUT2D eigenvalue weighted by molar-refractivity contribution is 6.30. The van der Waals surface area contributed by atoms with Crippen molar-refractivity contribution in [1.29, 1.82) is 0 Å². The summed E-state index contributed by atoms with van der Waals surface area (Å²) in [6, 6.07) is 10.8. The zero-order valence-corrected chi connectivity index (χ0v) is 18.5. The average molecular weight is 440 g/mol. The molecule has 0 unspecified atom stereocenters. The van der Waals surface area contributed by atoms with Gasteiger partial charge < -0.3 is 5.32 Å². The summed E-state index contributed by atoms with van der Waals surface area (Å²) in [5.74, 6) is 0.700. The van der Waals surface area contributed by atoms with Crippen LogP contribution in [-0.4, -0.2) is 25.7 Å². The zero-order valence-electron chi connectivity index (χ0n) is 17.7. The minimum atomic E-state index is -0.613. The van der Waals surface area contributed by atoms with E-state index in [1.165, 1.54) is 10.7 Å². The van der Waals surface area contributed by atoms with E-state index in [0.29, 0.717) is 34.6 Å². The molecule has 0 saturated heterocycles. The molecule has 1 aliphatic rings. The van der Waals surface area contributed by atoms with Gasteiger partial charge in [-0.2, -0.15) is 9.78 Å². The molecule has 31 heavy (non-hydrogen) atoms. The van der Waals surface area contributed by atoms with Crippen LogP contribution in [0.3, 0.4) is 0 Å². The van der Waals surface area contributed by atoms with E-state index < -0.39 is 5.41 Å². The first-order chi connectivity index (χ1) is 14.9. The zero-order chi connectivity index (χ0) is 22.0. The van der Waals surface area contributed by atoms with Crippen molar-refractivity contribution in [2.75, 3.05) is 5.32 Å². The van der Waals surface area contributed by atoms with E-state index >= 15 is 0 Å². The number of nitrogens with zero attached hydrogens (tertiary/aromatic N) is 3. The molecule has 1 fully saturated rings. The van der Waals surface area contributed by atoms with Gasteiger partial charge in [0.2, 0.25) is 11.9 Å². The highest BCUT2D eigenvalue weighted by Gasteiger charge is 2.43. The molecule has 0 radical (unpaired) electrons. The van der Waals surface area contributed by atoms with Gasteiger partial charge in [0.1, 0.15) is 5.82 Å². The van der Waals surface area contributed by atoms with Crippen molar-refractivity contribution in [2.45, 2.75) is 57.8 Å². The Morgan fingerprint density at radius 3 is 2.61 bits per heavy atom. The van der Waals surface area contributed by atoms with Crippen LogP contribution in [0.4, 0.5) is 5.82 Å². The fraction of sp³-hybridized carbons (Fsp3) is 0.391. The first-order valence-corrected chi connectivity index (χ1v) is 11.0. The molecule has 1 aliphatic carbocycles. The molecule has 7 nitrogen and oxygen atoms in total. The van der Waals surface area contributed by atoms with Crippen LogP contribution in [0.15, 0.2) is 41.2 Å². The maximum Gasteiger partial charge on any atom is 0.252 e. The molecule has 4 rings (SSSR count). The number of aryl methyl sites for hydroxylation is 2. The van der Waals surface area contributed by atoms with Crippen molar-refractivity contribution in [2.24, 2.45) is 0 Å². The van der Waals surface area contributed by atoms with Gasteiger partial charge in [-0.1, -0.05) is 49.9 Å². The first-order valence-electron chi connectivity index (χ1n) is 10.7. The van der Waals surface area contributed by atoms with Gasteiger partial charge in [0, 0.05) is 22.8 Å². The molecule has 0 aliphatic heterocycles. The van der Waals surface area contributed by atoms with E-state index in [0.717, 1.165) is 37.7 Å². The maximum atomic E-state index is 13.6. The van der Waals surface area contributed by atoms with E-state index in [9.17, 15) is 9.59 Å². The summed E-state index contributed by atoms with van der Waals surface area (Å²) in [6.07, 6.45) is 5.09. The Morgan fingerprint density at radius 1 is 1.23 bits per heavy atom. The molecule has 162 valence electrons. The second-order valence-corrected chi connectivity index (χ2v) is 8.58. The Labute approximate surface area is 185 Å². The van der Waals surface area contributed by atoms with Crippen molar-refractivity contribution in [3.63, 3.8) is 0 Å². The lowest BCUT2D eigenvalue weighted by molar-refractivity contribution is -0.121. The predicted molar refractivity (Wildman–Crippen MR) is 121 cm³/mol. The molecule has 1 amide bonds. The molecule has 1 saturated carbocycles. The van der Waals surface area contributed by atoms with Crippen LogP contribution in [0.25, 0.3) is 5.95 Å². The minimum Gasteiger partial charge on any atom is -0.310 e. The Hall–Kier alpha value is -2.93. The molecule has 1 aromatic carbocycles. The van der Waals surface area contributed by atoms with Crippen molar-refractivity contribution in [3.05, 3.63) is 68.7 Å². The summed E-state index contributed by atoms with van der Waals surface area (Å²) < 4.78 is 1.50. The van der Waals surface area contributed by atoms with Crippen LogP contribution in [0.2, 0.25) is 5.02 Å². The van der Waals surface area contributed by atoms with E-state index in [-0.39, 0.29) is 11.5 Å². The first kappa shape index (κ1) is 21.3. The Morgan fingerprint density at radius 2 is 1.94 bits per heavy atom. The average Bonchev–Trinajstić information content (AvgIpc) is 3.36. The largest absolute Gasteiger partial charge is 0.310 e. The van der Waals surface area contributed by atoms with Crippen molar-refractivity contribution >= 4 is 23.3 Å². The second kappa shape index (κ2) is 8.67. The highest BCUT2D eigenvalue weighted by Crippen LogP contribution is 2.42. The number of nitrogens with one attached hydrogen (secondary N) is 2. The van der Waals surface area contributed by atoms with Gasteiger partial charge in [-0.05, 0) is 43.9 Å². The van der Waals surface area contributed by atoms with Crippen LogP contribution >= 0.6 is 11.6 Å². The van der Waals surface area contributed by atoms with E-state index in [4.69, 9.17) is 11.6 Å². The maximum absolute atomic E-state index is 13.6. The number of aromatic amines is 1. The van der Waals surface area contributed by atoms with Gasteiger partial charge in [-0.25, -0.2) is 4.98 Å². The van der Waals surface area contributed by atoms with Crippen LogP contribution in [-0.2, 0) is 16.6 Å². The number of carbonyl (C=O) groups excluding carboxylic acids is 1. The number of aromatic nitrogens is 4. The van der Waals surface area contributed by atoms with Crippen LogP contribution in [0.5, 0.6) is 0 Å². The third-order valence-corrected chi connectivity index (χ3v) is 6.10. The fourth-order valence-corrected chi connectivity index (χ4v) is 4.48. The van der Waals surface area contributed by atoms with Gasteiger partial charge in [-0.3, -0.25) is 14.6 Å². The minimum absolute atomic E-state index is 0.0828. The van der Waals surface area contributed by atoms with Gasteiger partial charge in [-0.15, -0.1) is 0 Å². The van der Waals surface area contributed by atoms with E-state index in [2.05, 4.69) is 20.4 Å². The standard InChI is InChI=1S/C23H26ClN5O2/c1-3-6-18-14-20(30)27-22(25-18)29-19(13-15(2)28-29)26-21(31)23(11-4-5-12-23)16-7-9-17(24)10-8-16/h7-10,13-14H,3-6,11-12H2,1-2H3,(H,26,31)(H,25,27,30). The molecule has 8 heteroatoms. The summed E-state index contributed by atoms with van der Waals surface area (Å²) in [7, 11) is 0. The molecule has 2 N–H and O–H groups in total. The number of carbonyl (C=O) groups is 1. The van der Waals surface area contributed by atoms with Crippen molar-refractivity contribution in [1.82, 2.24) is 19.7 Å². The summed E-state index contributed by atoms with van der Waals surface area (Å²) >= 11 is 6.06. The Kier molecular flexibility index (Phi) is 5.96. The molecular formula is C23H26ClN5O2. The Bertz CT molecular complexity index is 1140. The number of halogens is 1. The second-order valence-electron chi connectivity index (χ2n) is 8.14. The number of H-pyrrole nitrogens is 1. The lowest BCUT2D eigenvalue weighted by Gasteiger charge is -2.28. The molecule has 0 spiro atoms. The van der Waals surface area contributed by atoms with E-state index in [1.807, 2.05) is 38.1 Å². The van der Waals surface area contributed by atoms with Gasteiger partial charge in [0.25, 0.3) is 5.56 Å². The lowest BCUT2D eigenvalue weighted by atomic mass is 9.78. The molecule has 3 aromatic rings. The molecule has 2 heterocycles. The van der Waals surface area contributed by atoms with Gasteiger partial charge in [0.15, 0.2) is 0 Å². The summed E-state index contributed by atoms with van der Waals surface area (Å²) in [6.45, 7) is 3.87. The number of anilines is 1. The quantitative estimate of drug-likeness (QED) is 0.598. The number of amides is 1. The topological polar surface area (TPSA) is 92.7 Å². The summed E-state index contributed by atoms with van der Waals surface area (Å²) in [5.41, 5.74) is 1.52. The Balaban J connectivity index is 1.69. The smallest absolute Gasteiger partial charge is 0.252 e. The summed E-state index contributed by atoms with van der Waals surface area (Å²) in [5, 5.41) is 8.17. The molecular weight excluding hydrogens is 414 g/mol. The molecule has 0 atom stereocenters. The third kappa shape index (κ3) is 4.28. The molecule has 0 bridgehead atoms. The van der Waals surface area contributed by atoms with Crippen molar-refractivity contribution < 1.29 is 4.79 Å². The monoisotopic (exact) mass is 439 g/mol. The number of rotatable bonds is 6. The van der Waals surface area contributed by atoms with Gasteiger partial charge in [0.05, 0.1) is 11.1 Å². The lowest BCUT2D eigenvalue weighted by Crippen LogP contribution is -2.38. The van der Waals surface area contributed by atoms with E-state index in [1.54, 1.807) is 6.07 Å². The SMILES string of the molecule is CCCc1cc(=O)[nH]c(-n2nc(C)cc2NC(=O)C2(c3ccc(Cl)cc3)CCCC2)n1. The van der Waals surface area contributed by atoms with Crippen LogP contribution < -0.4 is 10.9 Å². The van der Waals surface area contributed by atoms with Crippen LogP contribution in [0.1, 0.15) is 56.0 Å². The number of benzene rings is 1. The predicted octanol–water partition coefficient (Wildman–Crippen LogP) is 4.32. The molecule has 2 aromatic heterocycles. The fourth-order valence-electron chi connectivity index (χ4n) is 4.36. The van der Waals surface area contributed by atoms with Crippen LogP contribution in [0, 0.1) is 6.92 Å². The normalized spacial score (nSPS) is 15.2.